The number of anilines is 1. The molecular formula is C18H24N4O3. The molecule has 1 fully saturated rings. The Morgan fingerprint density at radius 1 is 1.40 bits per heavy atom. The first-order chi connectivity index (χ1) is 12.1. The first kappa shape index (κ1) is 17.4. The molecule has 1 aromatic carbocycles. The fourth-order valence-corrected chi connectivity index (χ4v) is 3.04. The summed E-state index contributed by atoms with van der Waals surface area (Å²) in [6, 6.07) is 8.59. The summed E-state index contributed by atoms with van der Waals surface area (Å²) >= 11 is 0. The Balaban J connectivity index is 1.76. The Hall–Kier alpha value is -2.41. The molecule has 1 saturated heterocycles. The van der Waals surface area contributed by atoms with Crippen molar-refractivity contribution in [3.05, 3.63) is 30.3 Å². The molecule has 2 aliphatic rings. The lowest BCUT2D eigenvalue weighted by Crippen LogP contribution is -2.58. The molecular weight excluding hydrogens is 320 g/mol. The topological polar surface area (TPSA) is 74.2 Å². The molecule has 2 amide bonds. The molecule has 25 heavy (non-hydrogen) atoms. The van der Waals surface area contributed by atoms with E-state index < -0.39 is 6.04 Å². The fraction of sp³-hybridized carbons (Fsp3) is 0.500. The number of nitrogens with zero attached hydrogens (tertiary/aromatic N) is 3. The van der Waals surface area contributed by atoms with Gasteiger partial charge < -0.3 is 9.64 Å². The van der Waals surface area contributed by atoms with Crippen LogP contribution < -0.4 is 10.4 Å². The normalized spacial score (nSPS) is 23.2. The van der Waals surface area contributed by atoms with Gasteiger partial charge in [0.15, 0.2) is 0 Å². The number of para-hydroxylation sites is 1. The minimum atomic E-state index is -0.609. The van der Waals surface area contributed by atoms with Crippen molar-refractivity contribution >= 4 is 23.3 Å². The number of amides is 2. The van der Waals surface area contributed by atoms with Gasteiger partial charge in [-0.15, -0.1) is 0 Å². The Labute approximate surface area is 147 Å². The minimum absolute atomic E-state index is 0.0809. The van der Waals surface area contributed by atoms with Crippen LogP contribution in [0.3, 0.4) is 0 Å². The van der Waals surface area contributed by atoms with Crippen molar-refractivity contribution in [2.75, 3.05) is 24.7 Å². The molecule has 3 rings (SSSR count). The average molecular weight is 344 g/mol. The number of amidine groups is 1. The van der Waals surface area contributed by atoms with Gasteiger partial charge in [-0.3, -0.25) is 15.0 Å². The van der Waals surface area contributed by atoms with Gasteiger partial charge in [-0.05, 0) is 38.8 Å². The predicted molar refractivity (Wildman–Crippen MR) is 95.2 cm³/mol. The highest BCUT2D eigenvalue weighted by atomic mass is 16.5. The Kier molecular flexibility index (Phi) is 5.33. The predicted octanol–water partition coefficient (Wildman–Crippen LogP) is 1.35. The monoisotopic (exact) mass is 344 g/mol. The van der Waals surface area contributed by atoms with Gasteiger partial charge in [-0.25, -0.2) is 10.0 Å². The maximum absolute atomic E-state index is 12.9. The van der Waals surface area contributed by atoms with Crippen LogP contribution in [0.15, 0.2) is 35.3 Å². The van der Waals surface area contributed by atoms with E-state index in [4.69, 9.17) is 4.74 Å². The average Bonchev–Trinajstić information content (AvgIpc) is 3.15. The van der Waals surface area contributed by atoms with Crippen molar-refractivity contribution in [3.8, 4) is 0 Å². The van der Waals surface area contributed by atoms with E-state index in [1.807, 2.05) is 37.3 Å². The van der Waals surface area contributed by atoms with Gasteiger partial charge in [0.2, 0.25) is 5.84 Å². The Morgan fingerprint density at radius 2 is 2.16 bits per heavy atom. The van der Waals surface area contributed by atoms with Crippen molar-refractivity contribution in [3.63, 3.8) is 0 Å². The van der Waals surface area contributed by atoms with Gasteiger partial charge in [0.1, 0.15) is 6.04 Å². The first-order valence-corrected chi connectivity index (χ1v) is 8.74. The third kappa shape index (κ3) is 3.82. The van der Waals surface area contributed by atoms with Crippen LogP contribution in [0.1, 0.15) is 26.7 Å². The summed E-state index contributed by atoms with van der Waals surface area (Å²) in [6.07, 6.45) is 2.08. The lowest BCUT2D eigenvalue weighted by molar-refractivity contribution is -0.126. The van der Waals surface area contributed by atoms with E-state index in [1.54, 1.807) is 11.8 Å². The summed E-state index contributed by atoms with van der Waals surface area (Å²) in [4.78, 5) is 31.3. The number of benzene rings is 1. The van der Waals surface area contributed by atoms with Crippen molar-refractivity contribution in [2.24, 2.45) is 4.99 Å². The molecule has 2 unspecified atom stereocenters. The third-order valence-corrected chi connectivity index (χ3v) is 4.45. The van der Waals surface area contributed by atoms with Gasteiger partial charge in [-0.1, -0.05) is 18.2 Å². The van der Waals surface area contributed by atoms with Gasteiger partial charge >= 0.3 is 0 Å². The number of carbonyl (C=O) groups is 2. The number of carbonyl (C=O) groups excluding carboxylic acids is 2. The zero-order valence-electron chi connectivity index (χ0n) is 14.6. The van der Waals surface area contributed by atoms with Crippen LogP contribution in [0.4, 0.5) is 5.69 Å². The third-order valence-electron chi connectivity index (χ3n) is 4.45. The summed E-state index contributed by atoms with van der Waals surface area (Å²) in [5, 5.41) is 1.39. The molecule has 0 aromatic heterocycles. The molecule has 0 saturated carbocycles. The second-order valence-electron chi connectivity index (χ2n) is 6.25. The standard InChI is InChI=1S/C18H24N4O3/c1-3-21(12-15-10-7-11-25-15)18(24)16-19-13(2)17(23)22(20-16)14-8-5-4-6-9-14/h4-6,8-9,13,15H,3,7,10-12H2,1-2H3,(H,19,20). The number of aliphatic imine (C=N–C) groups is 1. The van der Waals surface area contributed by atoms with Gasteiger partial charge in [-0.2, -0.15) is 0 Å². The zero-order chi connectivity index (χ0) is 17.8. The largest absolute Gasteiger partial charge is 0.376 e. The van der Waals surface area contributed by atoms with Crippen LogP contribution in [0.5, 0.6) is 0 Å². The molecule has 0 bridgehead atoms. The van der Waals surface area contributed by atoms with Crippen LogP contribution in [-0.4, -0.2) is 54.4 Å². The molecule has 1 N–H and O–H groups in total. The SMILES string of the molecule is CCN(CC1CCCO1)C(=O)C1=NC(C)C(=O)N(c2ccccc2)N1. The van der Waals surface area contributed by atoms with E-state index in [-0.39, 0.29) is 23.8 Å². The number of ether oxygens (including phenoxy) is 1. The van der Waals surface area contributed by atoms with Crippen LogP contribution in [0.25, 0.3) is 0 Å². The maximum atomic E-state index is 12.9. The van der Waals surface area contributed by atoms with Gasteiger partial charge in [0.25, 0.3) is 11.8 Å². The van der Waals surface area contributed by atoms with Crippen molar-refractivity contribution in [1.29, 1.82) is 0 Å². The minimum Gasteiger partial charge on any atom is -0.376 e. The lowest BCUT2D eigenvalue weighted by Gasteiger charge is -2.33. The van der Waals surface area contributed by atoms with Crippen molar-refractivity contribution in [2.45, 2.75) is 38.8 Å². The summed E-state index contributed by atoms with van der Waals surface area (Å²) in [5.41, 5.74) is 3.57. The molecule has 0 aliphatic carbocycles. The summed E-state index contributed by atoms with van der Waals surface area (Å²) < 4.78 is 5.63. The highest BCUT2D eigenvalue weighted by Crippen LogP contribution is 2.17. The number of likely N-dealkylation sites (N-methyl/N-ethyl adjacent to an activating group) is 1. The molecule has 0 radical (unpaired) electrons. The molecule has 134 valence electrons. The van der Waals surface area contributed by atoms with Crippen LogP contribution in [0.2, 0.25) is 0 Å². The molecule has 7 nitrogen and oxygen atoms in total. The molecule has 2 heterocycles. The van der Waals surface area contributed by atoms with E-state index in [0.717, 1.165) is 19.4 Å². The second-order valence-corrected chi connectivity index (χ2v) is 6.25. The molecule has 2 atom stereocenters. The Morgan fingerprint density at radius 3 is 2.80 bits per heavy atom. The quantitative estimate of drug-likeness (QED) is 0.875. The van der Waals surface area contributed by atoms with Crippen LogP contribution >= 0.6 is 0 Å². The highest BCUT2D eigenvalue weighted by Gasteiger charge is 2.33. The van der Waals surface area contributed by atoms with Crippen LogP contribution in [0, 0.1) is 0 Å². The lowest BCUT2D eigenvalue weighted by atomic mass is 10.2. The summed E-state index contributed by atoms with van der Waals surface area (Å²) in [7, 11) is 0. The zero-order valence-corrected chi connectivity index (χ0v) is 14.6. The summed E-state index contributed by atoms with van der Waals surface area (Å²) in [6.45, 7) is 5.49. The van der Waals surface area contributed by atoms with Crippen molar-refractivity contribution in [1.82, 2.24) is 10.3 Å². The number of nitrogens with one attached hydrogen (secondary N) is 1. The number of hydrogen-bond acceptors (Lipinski definition) is 5. The smallest absolute Gasteiger partial charge is 0.290 e. The van der Waals surface area contributed by atoms with E-state index in [9.17, 15) is 9.59 Å². The second kappa shape index (κ2) is 7.65. The van der Waals surface area contributed by atoms with Gasteiger partial charge in [0.05, 0.1) is 11.8 Å². The Bertz CT molecular complexity index is 656. The molecule has 2 aliphatic heterocycles. The van der Waals surface area contributed by atoms with Crippen LogP contribution in [-0.2, 0) is 14.3 Å². The van der Waals surface area contributed by atoms with Gasteiger partial charge in [0, 0.05) is 19.7 Å². The first-order valence-electron chi connectivity index (χ1n) is 8.74. The van der Waals surface area contributed by atoms with Crippen molar-refractivity contribution < 1.29 is 14.3 Å². The van der Waals surface area contributed by atoms with E-state index in [2.05, 4.69) is 10.4 Å². The molecule has 7 heteroatoms. The molecule has 0 spiro atoms. The van der Waals surface area contributed by atoms with E-state index in [1.165, 1.54) is 5.01 Å². The molecule has 1 aromatic rings. The number of hydrazine groups is 1. The highest BCUT2D eigenvalue weighted by molar-refractivity contribution is 6.39. The van der Waals surface area contributed by atoms with E-state index >= 15 is 0 Å². The number of rotatable bonds is 5. The van der Waals surface area contributed by atoms with E-state index in [0.29, 0.717) is 18.8 Å². The summed E-state index contributed by atoms with van der Waals surface area (Å²) in [5.74, 6) is -0.209. The maximum Gasteiger partial charge on any atom is 0.290 e. The number of hydrogen-bond donors (Lipinski definition) is 1. The fourth-order valence-electron chi connectivity index (χ4n) is 3.04.